The number of hydrogen-bond acceptors (Lipinski definition) is 7. The Balaban J connectivity index is 4.28. The molecule has 0 saturated carbocycles. The quantitative estimate of drug-likeness (QED) is 0.0714. The highest BCUT2D eigenvalue weighted by Crippen LogP contribution is 2.47. The topological polar surface area (TPSA) is 88.1 Å². The monoisotopic (exact) mass is 458 g/mol. The first-order valence-electron chi connectivity index (χ1n) is 6.79. The zero-order valence-electron chi connectivity index (χ0n) is 13.7. The van der Waals surface area contributed by atoms with E-state index in [2.05, 4.69) is 28.6 Å². The fraction of sp³-hybridized carbons (Fsp3) is 0.615. The van der Waals surface area contributed by atoms with Crippen LogP contribution >= 0.6 is 27.5 Å². The number of ether oxygens (including phenoxy) is 4. The van der Waals surface area contributed by atoms with Crippen LogP contribution in [0.15, 0.2) is 12.2 Å². The van der Waals surface area contributed by atoms with Gasteiger partial charge in [-0.15, -0.1) is 0 Å². The lowest BCUT2D eigenvalue weighted by molar-refractivity contribution is -0.170. The Labute approximate surface area is 151 Å². The van der Waals surface area contributed by atoms with Crippen molar-refractivity contribution < 1.29 is 33.3 Å². The predicted molar refractivity (Wildman–Crippen MR) is 97.2 cm³/mol. The number of carbonyl (C=O) groups is 3. The summed E-state index contributed by atoms with van der Waals surface area (Å²) in [4.78, 5) is 34.9. The van der Waals surface area contributed by atoms with Crippen molar-refractivity contribution in [3.05, 3.63) is 12.2 Å². The minimum absolute atomic E-state index is 0.0572. The summed E-state index contributed by atoms with van der Waals surface area (Å²) in [6.07, 6.45) is -0.761. The van der Waals surface area contributed by atoms with Crippen LogP contribution in [0, 0.1) is 0 Å². The van der Waals surface area contributed by atoms with Gasteiger partial charge in [-0.3, -0.25) is 9.59 Å². The molecule has 0 heterocycles. The maximum Gasteiger partial charge on any atom is 0.333 e. The van der Waals surface area contributed by atoms with E-state index in [9.17, 15) is 14.4 Å². The molecule has 0 N–H and O–H groups in total. The summed E-state index contributed by atoms with van der Waals surface area (Å²) >= 11 is 2.11. The Morgan fingerprint density at radius 1 is 1.26 bits per heavy atom. The van der Waals surface area contributed by atoms with Crippen molar-refractivity contribution in [2.75, 3.05) is 20.3 Å². The normalized spacial score (nSPS) is 14.3. The van der Waals surface area contributed by atoms with Crippen LogP contribution in [0.25, 0.3) is 0 Å². The molecule has 130 valence electrons. The van der Waals surface area contributed by atoms with E-state index in [0.29, 0.717) is 0 Å². The zero-order valence-corrected chi connectivity index (χ0v) is 16.7. The van der Waals surface area contributed by atoms with Crippen molar-refractivity contribution in [3.8, 4) is 0 Å². The van der Waals surface area contributed by atoms with Gasteiger partial charge in [-0.05, 0) is 13.8 Å². The Bertz CT molecular complexity index is 444. The van der Waals surface area contributed by atoms with Crippen LogP contribution in [0.5, 0.6) is 0 Å². The third kappa shape index (κ3) is 9.93. The lowest BCUT2D eigenvalue weighted by Crippen LogP contribution is -2.29. The molecule has 0 aliphatic heterocycles. The van der Waals surface area contributed by atoms with Crippen molar-refractivity contribution in [3.63, 3.8) is 0 Å². The van der Waals surface area contributed by atoms with E-state index in [1.807, 2.05) is 7.57 Å². The third-order valence-electron chi connectivity index (χ3n) is 2.60. The molecule has 23 heavy (non-hydrogen) atoms. The van der Waals surface area contributed by atoms with Crippen molar-refractivity contribution in [1.29, 1.82) is 0 Å². The van der Waals surface area contributed by atoms with Crippen LogP contribution in [0.1, 0.15) is 20.3 Å². The average Bonchev–Trinajstić information content (AvgIpc) is 2.47. The first kappa shape index (κ1) is 22.3. The summed E-state index contributed by atoms with van der Waals surface area (Å²) in [6, 6.07) is 0. The van der Waals surface area contributed by atoms with E-state index in [0.717, 1.165) is 0 Å². The standard InChI is InChI=1S/C13H21BIO7P/c1-8(2)12(17)21-6-5-20-11(16)7-10(23(14)15)13(18)22-9(3)19-4/h9-10H,1,5-7,14H2,2-4H3. The molecule has 0 aromatic carbocycles. The number of esters is 3. The van der Waals surface area contributed by atoms with Crippen molar-refractivity contribution in [2.24, 2.45) is 0 Å². The minimum Gasteiger partial charge on any atom is -0.462 e. The van der Waals surface area contributed by atoms with Gasteiger partial charge in [0.25, 0.3) is 0 Å². The Kier molecular flexibility index (Phi) is 11.5. The van der Waals surface area contributed by atoms with Gasteiger partial charge in [0.05, 0.1) is 12.1 Å². The number of halogens is 1. The molecule has 0 aromatic rings. The molecule has 0 aromatic heterocycles. The molecule has 10 heteroatoms. The van der Waals surface area contributed by atoms with Gasteiger partial charge in [0.2, 0.25) is 0 Å². The summed E-state index contributed by atoms with van der Waals surface area (Å²) in [5.74, 6) is -1.58. The lowest BCUT2D eigenvalue weighted by Gasteiger charge is -2.20. The molecule has 0 fully saturated rings. The van der Waals surface area contributed by atoms with E-state index in [-0.39, 0.29) is 25.2 Å². The Hall–Kier alpha value is -0.665. The second kappa shape index (κ2) is 11.8. The van der Waals surface area contributed by atoms with E-state index < -0.39 is 35.3 Å². The molecule has 3 unspecified atom stereocenters. The average molecular weight is 458 g/mol. The molecule has 0 amide bonds. The molecular weight excluding hydrogens is 437 g/mol. The zero-order chi connectivity index (χ0) is 18.0. The molecule has 0 aliphatic rings. The van der Waals surface area contributed by atoms with E-state index >= 15 is 0 Å². The second-order valence-electron chi connectivity index (χ2n) is 4.62. The Morgan fingerprint density at radius 3 is 2.30 bits per heavy atom. The van der Waals surface area contributed by atoms with Crippen LogP contribution < -0.4 is 0 Å². The Morgan fingerprint density at radius 2 is 1.83 bits per heavy atom. The summed E-state index contributed by atoms with van der Waals surface area (Å²) in [5.41, 5.74) is -1.07. The fourth-order valence-electron chi connectivity index (χ4n) is 1.27. The van der Waals surface area contributed by atoms with Crippen LogP contribution in [0.3, 0.4) is 0 Å². The number of hydrogen-bond donors (Lipinski definition) is 0. The van der Waals surface area contributed by atoms with Crippen LogP contribution in [-0.2, 0) is 33.3 Å². The van der Waals surface area contributed by atoms with Crippen LogP contribution in [-0.4, -0.2) is 57.7 Å². The van der Waals surface area contributed by atoms with Gasteiger partial charge in [-0.1, -0.05) is 34.1 Å². The molecule has 0 radical (unpaired) electrons. The summed E-state index contributed by atoms with van der Waals surface area (Å²) in [6.45, 7) is 6.42. The SMILES string of the molecule is BP(I)C(CC(=O)OCCOC(=O)C(=C)C)C(=O)OC(C)OC. The first-order valence-corrected chi connectivity index (χ1v) is 11.4. The van der Waals surface area contributed by atoms with Crippen molar-refractivity contribution in [1.82, 2.24) is 0 Å². The second-order valence-corrected chi connectivity index (χ2v) is 10.9. The molecule has 0 aliphatic carbocycles. The molecule has 0 spiro atoms. The largest absolute Gasteiger partial charge is 0.462 e. The van der Waals surface area contributed by atoms with Gasteiger partial charge in [-0.2, -0.15) is 0 Å². The molecule has 7 nitrogen and oxygen atoms in total. The highest BCUT2D eigenvalue weighted by Gasteiger charge is 2.29. The fourth-order valence-corrected chi connectivity index (χ4v) is 3.30. The predicted octanol–water partition coefficient (Wildman–Crippen LogP) is 1.32. The summed E-state index contributed by atoms with van der Waals surface area (Å²) in [7, 11) is 3.29. The van der Waals surface area contributed by atoms with Gasteiger partial charge in [0, 0.05) is 12.7 Å². The summed E-state index contributed by atoms with van der Waals surface area (Å²) in [5, 5.41) is 0. The van der Waals surface area contributed by atoms with E-state index in [1.165, 1.54) is 14.0 Å². The summed E-state index contributed by atoms with van der Waals surface area (Å²) < 4.78 is 19.7. The van der Waals surface area contributed by atoms with Crippen molar-refractivity contribution in [2.45, 2.75) is 32.2 Å². The van der Waals surface area contributed by atoms with Gasteiger partial charge in [0.1, 0.15) is 20.8 Å². The van der Waals surface area contributed by atoms with Gasteiger partial charge in [0.15, 0.2) is 6.29 Å². The number of methoxy groups -OCH3 is 1. The minimum atomic E-state index is -0.767. The third-order valence-corrected chi connectivity index (χ3v) is 5.87. The number of carbonyl (C=O) groups excluding carboxylic acids is 3. The molecule has 0 saturated heterocycles. The van der Waals surface area contributed by atoms with Gasteiger partial charge >= 0.3 is 17.9 Å². The number of rotatable bonds is 10. The first-order chi connectivity index (χ1) is 10.7. The maximum absolute atomic E-state index is 12.0. The van der Waals surface area contributed by atoms with Crippen LogP contribution in [0.2, 0.25) is 0 Å². The molecule has 0 rings (SSSR count). The highest BCUT2D eigenvalue weighted by molar-refractivity contribution is 14.2. The highest BCUT2D eigenvalue weighted by atomic mass is 127. The molecular formula is C13H21BIO7P. The van der Waals surface area contributed by atoms with E-state index in [1.54, 1.807) is 6.92 Å². The maximum atomic E-state index is 12.0. The van der Waals surface area contributed by atoms with Crippen molar-refractivity contribution >= 4 is 53.0 Å². The smallest absolute Gasteiger partial charge is 0.333 e. The van der Waals surface area contributed by atoms with Gasteiger partial charge < -0.3 is 18.9 Å². The molecule has 0 bridgehead atoms. The molecule has 3 atom stereocenters. The van der Waals surface area contributed by atoms with Crippen LogP contribution in [0.4, 0.5) is 0 Å². The lowest BCUT2D eigenvalue weighted by atomic mass is 10.3. The van der Waals surface area contributed by atoms with E-state index in [4.69, 9.17) is 18.9 Å². The van der Waals surface area contributed by atoms with Gasteiger partial charge in [-0.25, -0.2) is 4.79 Å².